The van der Waals surface area contributed by atoms with Crippen molar-refractivity contribution < 1.29 is 22.7 Å². The Morgan fingerprint density at radius 1 is 1.04 bits per heavy atom. The van der Waals surface area contributed by atoms with Gasteiger partial charge in [0.1, 0.15) is 4.88 Å². The number of fused-ring (bicyclic) bond motifs is 1. The fourth-order valence-electron chi connectivity index (χ4n) is 2.42. The minimum absolute atomic E-state index is 0.0163. The van der Waals surface area contributed by atoms with Gasteiger partial charge in [0.2, 0.25) is 0 Å². The molecule has 0 aliphatic rings. The van der Waals surface area contributed by atoms with Crippen LogP contribution < -0.4 is 0 Å². The molecule has 0 unspecified atom stereocenters. The summed E-state index contributed by atoms with van der Waals surface area (Å²) in [6.45, 7) is 0. The van der Waals surface area contributed by atoms with Crippen LogP contribution in [0, 0.1) is 0 Å². The van der Waals surface area contributed by atoms with E-state index >= 15 is 0 Å². The highest BCUT2D eigenvalue weighted by Crippen LogP contribution is 2.43. The normalized spacial score (nSPS) is 11.7. The lowest BCUT2D eigenvalue weighted by molar-refractivity contribution is -0.136. The molecule has 23 heavy (non-hydrogen) atoms. The van der Waals surface area contributed by atoms with Gasteiger partial charge in [0, 0.05) is 10.1 Å². The zero-order valence-electron chi connectivity index (χ0n) is 12.0. The molecule has 0 aliphatic carbocycles. The van der Waals surface area contributed by atoms with Crippen LogP contribution in [0.1, 0.15) is 15.2 Å². The molecule has 2 nitrogen and oxygen atoms in total. The van der Waals surface area contributed by atoms with Crippen LogP contribution in [0.3, 0.4) is 0 Å². The quantitative estimate of drug-likeness (QED) is 0.588. The summed E-state index contributed by atoms with van der Waals surface area (Å²) in [5, 5.41) is 0.0163. The van der Waals surface area contributed by atoms with Crippen LogP contribution in [-0.4, -0.2) is 13.1 Å². The first kappa shape index (κ1) is 15.6. The summed E-state index contributed by atoms with van der Waals surface area (Å²) in [7, 11) is 1.07. The Hall–Kier alpha value is -2.34. The number of methoxy groups -OCH3 is 1. The minimum atomic E-state index is -4.62. The van der Waals surface area contributed by atoms with Crippen LogP contribution >= 0.6 is 11.3 Å². The van der Waals surface area contributed by atoms with Crippen LogP contribution in [-0.2, 0) is 10.9 Å². The molecule has 0 amide bonds. The largest absolute Gasteiger partial charge is 0.465 e. The number of esters is 1. The van der Waals surface area contributed by atoms with E-state index in [2.05, 4.69) is 4.74 Å². The van der Waals surface area contributed by atoms with Gasteiger partial charge in [-0.25, -0.2) is 4.79 Å². The van der Waals surface area contributed by atoms with E-state index in [1.807, 2.05) is 30.3 Å². The molecule has 118 valence electrons. The van der Waals surface area contributed by atoms with Gasteiger partial charge in [0.25, 0.3) is 0 Å². The van der Waals surface area contributed by atoms with Crippen LogP contribution in [0.4, 0.5) is 13.2 Å². The molecule has 6 heteroatoms. The average molecular weight is 336 g/mol. The fraction of sp³-hybridized carbons (Fsp3) is 0.118. The van der Waals surface area contributed by atoms with Crippen molar-refractivity contribution in [2.45, 2.75) is 6.18 Å². The second-order valence-corrected chi connectivity index (χ2v) is 5.92. The zero-order chi connectivity index (χ0) is 16.6. The molecular formula is C17H11F3O2S. The lowest BCUT2D eigenvalue weighted by Crippen LogP contribution is -2.11. The average Bonchev–Trinajstić information content (AvgIpc) is 2.93. The maximum absolute atomic E-state index is 13.3. The van der Waals surface area contributed by atoms with Crippen LogP contribution in [0.5, 0.6) is 0 Å². The number of hydrogen-bond acceptors (Lipinski definition) is 3. The predicted molar refractivity (Wildman–Crippen MR) is 83.6 cm³/mol. The SMILES string of the molecule is COC(=O)c1sc2cc(-c3ccccc3)ccc2c1C(F)(F)F. The van der Waals surface area contributed by atoms with Gasteiger partial charge in [0.05, 0.1) is 12.7 Å². The third-order valence-electron chi connectivity index (χ3n) is 3.45. The van der Waals surface area contributed by atoms with Gasteiger partial charge in [-0.2, -0.15) is 13.2 Å². The number of hydrogen-bond donors (Lipinski definition) is 0. The Morgan fingerprint density at radius 2 is 1.74 bits per heavy atom. The number of rotatable bonds is 2. The van der Waals surface area contributed by atoms with Gasteiger partial charge in [-0.1, -0.05) is 42.5 Å². The molecule has 1 heterocycles. The molecule has 1 aromatic heterocycles. The van der Waals surface area contributed by atoms with E-state index in [0.717, 1.165) is 29.6 Å². The standard InChI is InChI=1S/C17H11F3O2S/c1-22-16(21)15-14(17(18,19)20)12-8-7-11(9-13(12)23-15)10-5-3-2-4-6-10/h2-9H,1H3. The number of carbonyl (C=O) groups is 1. The Bertz CT molecular complexity index is 867. The highest BCUT2D eigenvalue weighted by molar-refractivity contribution is 7.21. The Balaban J connectivity index is 2.24. The van der Waals surface area contributed by atoms with E-state index in [9.17, 15) is 18.0 Å². The second-order valence-electron chi connectivity index (χ2n) is 4.87. The highest BCUT2D eigenvalue weighted by atomic mass is 32.1. The number of ether oxygens (including phenoxy) is 1. The number of carbonyl (C=O) groups excluding carboxylic acids is 1. The van der Waals surface area contributed by atoms with Crippen LogP contribution in [0.15, 0.2) is 48.5 Å². The molecule has 0 bridgehead atoms. The molecule has 0 fully saturated rings. The predicted octanol–water partition coefficient (Wildman–Crippen LogP) is 5.37. The molecular weight excluding hydrogens is 325 g/mol. The van der Waals surface area contributed by atoms with Gasteiger partial charge >= 0.3 is 12.1 Å². The van der Waals surface area contributed by atoms with E-state index in [1.165, 1.54) is 6.07 Å². The molecule has 0 aliphatic heterocycles. The van der Waals surface area contributed by atoms with Gasteiger partial charge < -0.3 is 4.74 Å². The van der Waals surface area contributed by atoms with Crippen LogP contribution in [0.2, 0.25) is 0 Å². The topological polar surface area (TPSA) is 26.3 Å². The number of thiophene rings is 1. The Morgan fingerprint density at radius 3 is 2.35 bits per heavy atom. The van der Waals surface area contributed by atoms with Gasteiger partial charge in [0.15, 0.2) is 0 Å². The van der Waals surface area contributed by atoms with Crippen molar-refractivity contribution in [3.8, 4) is 11.1 Å². The Kier molecular flexibility index (Phi) is 3.85. The van der Waals surface area contributed by atoms with Crippen molar-refractivity contribution in [3.63, 3.8) is 0 Å². The summed E-state index contributed by atoms with van der Waals surface area (Å²) in [5.41, 5.74) is 0.768. The monoisotopic (exact) mass is 336 g/mol. The first-order valence-corrected chi connectivity index (χ1v) is 7.51. The minimum Gasteiger partial charge on any atom is -0.465 e. The van der Waals surface area contributed by atoms with E-state index in [0.29, 0.717) is 4.70 Å². The van der Waals surface area contributed by atoms with Crippen molar-refractivity contribution in [1.82, 2.24) is 0 Å². The molecule has 0 saturated carbocycles. The third-order valence-corrected chi connectivity index (χ3v) is 4.58. The smallest absolute Gasteiger partial charge is 0.418 e. The summed E-state index contributed by atoms with van der Waals surface area (Å²) in [6.07, 6.45) is -4.62. The van der Waals surface area contributed by atoms with Gasteiger partial charge in [-0.05, 0) is 17.2 Å². The highest BCUT2D eigenvalue weighted by Gasteiger charge is 2.39. The number of alkyl halides is 3. The van der Waals surface area contributed by atoms with E-state index in [1.54, 1.807) is 12.1 Å². The molecule has 0 radical (unpaired) electrons. The molecule has 3 aromatic rings. The Labute approximate surface area is 134 Å². The second kappa shape index (κ2) is 5.70. The summed E-state index contributed by atoms with van der Waals surface area (Å²) in [4.78, 5) is 11.3. The first-order valence-electron chi connectivity index (χ1n) is 6.69. The van der Waals surface area contributed by atoms with Gasteiger partial charge in [-0.3, -0.25) is 0 Å². The lowest BCUT2D eigenvalue weighted by Gasteiger charge is -2.08. The molecule has 0 atom stereocenters. The molecule has 0 spiro atoms. The van der Waals surface area contributed by atoms with Crippen LogP contribution in [0.25, 0.3) is 21.2 Å². The maximum Gasteiger partial charge on any atom is 0.418 e. The van der Waals surface area contributed by atoms with Crippen molar-refractivity contribution in [2.24, 2.45) is 0 Å². The van der Waals surface area contributed by atoms with E-state index in [-0.39, 0.29) is 5.39 Å². The molecule has 2 aromatic carbocycles. The van der Waals surface area contributed by atoms with Crippen molar-refractivity contribution >= 4 is 27.4 Å². The fourth-order valence-corrected chi connectivity index (χ4v) is 3.60. The van der Waals surface area contributed by atoms with E-state index in [4.69, 9.17) is 0 Å². The molecule has 0 saturated heterocycles. The summed E-state index contributed by atoms with van der Waals surface area (Å²) in [5.74, 6) is -0.972. The van der Waals surface area contributed by atoms with E-state index < -0.39 is 22.6 Å². The summed E-state index contributed by atoms with van der Waals surface area (Å²) in [6, 6.07) is 14.0. The number of benzene rings is 2. The van der Waals surface area contributed by atoms with Gasteiger partial charge in [-0.15, -0.1) is 11.3 Å². The van der Waals surface area contributed by atoms with Crippen molar-refractivity contribution in [1.29, 1.82) is 0 Å². The van der Waals surface area contributed by atoms with Crippen molar-refractivity contribution in [3.05, 3.63) is 59.0 Å². The third kappa shape index (κ3) is 2.82. The molecule has 3 rings (SSSR count). The number of halogens is 3. The lowest BCUT2D eigenvalue weighted by atomic mass is 10.0. The summed E-state index contributed by atoms with van der Waals surface area (Å²) >= 11 is 0.798. The zero-order valence-corrected chi connectivity index (χ0v) is 12.8. The summed E-state index contributed by atoms with van der Waals surface area (Å²) < 4.78 is 44.9. The first-order chi connectivity index (χ1) is 10.9. The van der Waals surface area contributed by atoms with Crippen molar-refractivity contribution in [2.75, 3.05) is 7.11 Å². The molecule has 0 N–H and O–H groups in total. The maximum atomic E-state index is 13.3.